The van der Waals surface area contributed by atoms with Crippen molar-refractivity contribution < 1.29 is 0 Å². The molecule has 4 aromatic rings. The highest BCUT2D eigenvalue weighted by molar-refractivity contribution is 5.71. The Labute approximate surface area is 180 Å². The van der Waals surface area contributed by atoms with Gasteiger partial charge in [0, 0.05) is 18.0 Å². The first-order valence-electron chi connectivity index (χ1n) is 10.7. The summed E-state index contributed by atoms with van der Waals surface area (Å²) in [7, 11) is 0. The monoisotopic (exact) mass is 394 g/mol. The number of benzene rings is 3. The van der Waals surface area contributed by atoms with E-state index in [2.05, 4.69) is 112 Å². The Kier molecular flexibility index (Phi) is 5.34. The Hall–Kier alpha value is -3.13. The fourth-order valence-corrected chi connectivity index (χ4v) is 4.28. The highest BCUT2D eigenvalue weighted by Crippen LogP contribution is 2.36. The second-order valence-corrected chi connectivity index (χ2v) is 8.73. The van der Waals surface area contributed by atoms with Gasteiger partial charge < -0.3 is 0 Å². The van der Waals surface area contributed by atoms with E-state index < -0.39 is 0 Å². The summed E-state index contributed by atoms with van der Waals surface area (Å²) < 4.78 is 2.25. The number of imidazole rings is 1. The molecule has 2 nitrogen and oxygen atoms in total. The van der Waals surface area contributed by atoms with Crippen molar-refractivity contribution in [3.05, 3.63) is 95.8 Å². The molecule has 0 atom stereocenters. The van der Waals surface area contributed by atoms with Gasteiger partial charge in [-0.05, 0) is 65.6 Å². The summed E-state index contributed by atoms with van der Waals surface area (Å²) in [6, 6.07) is 23.8. The summed E-state index contributed by atoms with van der Waals surface area (Å²) >= 11 is 0. The molecule has 0 aliphatic rings. The smallest absolute Gasteiger partial charge is 0.144 e. The second-order valence-electron chi connectivity index (χ2n) is 8.73. The first kappa shape index (κ1) is 20.2. The van der Waals surface area contributed by atoms with Crippen LogP contribution in [0.3, 0.4) is 0 Å². The molecule has 30 heavy (non-hydrogen) atoms. The van der Waals surface area contributed by atoms with Gasteiger partial charge in [-0.25, -0.2) is 4.98 Å². The van der Waals surface area contributed by atoms with Gasteiger partial charge in [0.15, 0.2) is 0 Å². The molecule has 0 bridgehead atoms. The maximum atomic E-state index is 4.80. The number of hydrogen-bond donors (Lipinski definition) is 0. The normalized spacial score (nSPS) is 11.6. The lowest BCUT2D eigenvalue weighted by Crippen LogP contribution is -2.17. The summed E-state index contributed by atoms with van der Waals surface area (Å²) in [5.41, 5.74) is 8.86. The van der Waals surface area contributed by atoms with E-state index in [-0.39, 0.29) is 5.41 Å². The van der Waals surface area contributed by atoms with E-state index in [0.717, 1.165) is 12.2 Å². The van der Waals surface area contributed by atoms with Gasteiger partial charge in [-0.2, -0.15) is 0 Å². The van der Waals surface area contributed by atoms with Gasteiger partial charge in [-0.1, -0.05) is 75.4 Å². The Balaban J connectivity index is 1.86. The highest BCUT2D eigenvalue weighted by atomic mass is 15.1. The summed E-state index contributed by atoms with van der Waals surface area (Å²) in [5, 5.41) is 0. The molecule has 0 saturated carbocycles. The molecule has 0 aliphatic heterocycles. The van der Waals surface area contributed by atoms with Crippen LogP contribution in [-0.2, 0) is 5.41 Å². The zero-order valence-corrected chi connectivity index (χ0v) is 18.6. The number of nitrogens with zero attached hydrogens (tertiary/aromatic N) is 2. The standard InChI is InChI=1S/C28H30N2/c1-6-28(4,5)25-15-11-10-14-24(25)27-29-16-17-30(27)26-20(2)18-23(19-21(26)3)22-12-8-7-9-13-22/h7-19H,6H2,1-5H3. The van der Waals surface area contributed by atoms with Crippen molar-refractivity contribution in [3.8, 4) is 28.2 Å². The number of aryl methyl sites for hydroxylation is 2. The molecule has 0 fully saturated rings. The number of aromatic nitrogens is 2. The van der Waals surface area contributed by atoms with E-state index in [0.29, 0.717) is 0 Å². The zero-order chi connectivity index (χ0) is 21.3. The lowest BCUT2D eigenvalue weighted by atomic mass is 9.79. The molecule has 0 spiro atoms. The van der Waals surface area contributed by atoms with Crippen molar-refractivity contribution in [3.63, 3.8) is 0 Å². The van der Waals surface area contributed by atoms with E-state index in [1.165, 1.54) is 39.1 Å². The first-order chi connectivity index (χ1) is 14.4. The van der Waals surface area contributed by atoms with E-state index >= 15 is 0 Å². The molecule has 1 aromatic heterocycles. The van der Waals surface area contributed by atoms with E-state index in [9.17, 15) is 0 Å². The second kappa shape index (κ2) is 7.95. The molecule has 1 heterocycles. The molecule has 0 aliphatic carbocycles. The average Bonchev–Trinajstić information content (AvgIpc) is 3.23. The van der Waals surface area contributed by atoms with E-state index in [4.69, 9.17) is 4.98 Å². The van der Waals surface area contributed by atoms with Crippen LogP contribution in [0.2, 0.25) is 0 Å². The van der Waals surface area contributed by atoms with Crippen LogP contribution in [0.4, 0.5) is 0 Å². The van der Waals surface area contributed by atoms with Crippen LogP contribution < -0.4 is 0 Å². The fourth-order valence-electron chi connectivity index (χ4n) is 4.28. The maximum Gasteiger partial charge on any atom is 0.144 e. The minimum absolute atomic E-state index is 0.0919. The van der Waals surface area contributed by atoms with Gasteiger partial charge in [-0.3, -0.25) is 4.57 Å². The largest absolute Gasteiger partial charge is 0.299 e. The van der Waals surface area contributed by atoms with E-state index in [1.807, 2.05) is 6.20 Å². The topological polar surface area (TPSA) is 17.8 Å². The molecule has 152 valence electrons. The third-order valence-electron chi connectivity index (χ3n) is 6.26. The molecule has 3 aromatic carbocycles. The molecule has 0 N–H and O–H groups in total. The quantitative estimate of drug-likeness (QED) is 0.342. The van der Waals surface area contributed by atoms with Gasteiger partial charge in [0.05, 0.1) is 5.69 Å². The van der Waals surface area contributed by atoms with Crippen LogP contribution in [0, 0.1) is 13.8 Å². The molecule has 4 rings (SSSR count). The number of rotatable bonds is 5. The SMILES string of the molecule is CCC(C)(C)c1ccccc1-c1nccn1-c1c(C)cc(-c2ccccc2)cc1C. The first-order valence-corrected chi connectivity index (χ1v) is 10.7. The van der Waals surface area contributed by atoms with Crippen molar-refractivity contribution in [1.82, 2.24) is 9.55 Å². The third kappa shape index (κ3) is 3.59. The minimum Gasteiger partial charge on any atom is -0.299 e. The van der Waals surface area contributed by atoms with Crippen molar-refractivity contribution in [2.24, 2.45) is 0 Å². The van der Waals surface area contributed by atoms with Crippen LogP contribution in [0.25, 0.3) is 28.2 Å². The van der Waals surface area contributed by atoms with Crippen LogP contribution in [-0.4, -0.2) is 9.55 Å². The van der Waals surface area contributed by atoms with Gasteiger partial charge in [0.2, 0.25) is 0 Å². The maximum absolute atomic E-state index is 4.80. The van der Waals surface area contributed by atoms with Crippen molar-refractivity contribution in [2.75, 3.05) is 0 Å². The summed E-state index contributed by atoms with van der Waals surface area (Å²) in [4.78, 5) is 4.80. The summed E-state index contributed by atoms with van der Waals surface area (Å²) in [6.45, 7) is 11.3. The molecule has 0 amide bonds. The average molecular weight is 395 g/mol. The van der Waals surface area contributed by atoms with E-state index in [1.54, 1.807) is 0 Å². The lowest BCUT2D eigenvalue weighted by molar-refractivity contribution is 0.507. The molecule has 0 saturated heterocycles. The zero-order valence-electron chi connectivity index (χ0n) is 18.6. The van der Waals surface area contributed by atoms with Crippen LogP contribution in [0.5, 0.6) is 0 Å². The summed E-state index contributed by atoms with van der Waals surface area (Å²) in [5.74, 6) is 1.01. The Morgan fingerprint density at radius 2 is 1.47 bits per heavy atom. The fraction of sp³-hybridized carbons (Fsp3) is 0.250. The highest BCUT2D eigenvalue weighted by Gasteiger charge is 2.24. The molecular weight excluding hydrogens is 364 g/mol. The summed E-state index contributed by atoms with van der Waals surface area (Å²) in [6.07, 6.45) is 5.08. The Morgan fingerprint density at radius 1 is 0.833 bits per heavy atom. The van der Waals surface area contributed by atoms with Crippen molar-refractivity contribution >= 4 is 0 Å². The van der Waals surface area contributed by atoms with Crippen LogP contribution in [0.15, 0.2) is 79.1 Å². The van der Waals surface area contributed by atoms with Crippen LogP contribution in [0.1, 0.15) is 43.9 Å². The minimum atomic E-state index is 0.0919. The predicted molar refractivity (Wildman–Crippen MR) is 127 cm³/mol. The lowest BCUT2D eigenvalue weighted by Gasteiger charge is -2.26. The molecule has 2 heteroatoms. The van der Waals surface area contributed by atoms with Gasteiger partial charge in [-0.15, -0.1) is 0 Å². The number of hydrogen-bond acceptors (Lipinski definition) is 1. The molecule has 0 radical (unpaired) electrons. The van der Waals surface area contributed by atoms with Crippen LogP contribution >= 0.6 is 0 Å². The molecule has 0 unspecified atom stereocenters. The Morgan fingerprint density at radius 3 is 2.13 bits per heavy atom. The Bertz CT molecular complexity index is 1140. The van der Waals surface area contributed by atoms with Gasteiger partial charge >= 0.3 is 0 Å². The van der Waals surface area contributed by atoms with Crippen molar-refractivity contribution in [2.45, 2.75) is 46.5 Å². The van der Waals surface area contributed by atoms with Crippen molar-refractivity contribution in [1.29, 1.82) is 0 Å². The van der Waals surface area contributed by atoms with Gasteiger partial charge in [0.1, 0.15) is 5.82 Å². The third-order valence-corrected chi connectivity index (χ3v) is 6.26. The molecular formula is C28H30N2. The van der Waals surface area contributed by atoms with Gasteiger partial charge in [0.25, 0.3) is 0 Å². The predicted octanol–water partition coefficient (Wildman–Crippen LogP) is 7.51.